The molecular formula is C21H26ClNOS. The number of aryl methyl sites for hydroxylation is 2. The minimum absolute atomic E-state index is 0.0490. The van der Waals surface area contributed by atoms with Gasteiger partial charge in [-0.1, -0.05) is 49.2 Å². The van der Waals surface area contributed by atoms with Gasteiger partial charge < -0.3 is 5.32 Å². The lowest BCUT2D eigenvalue weighted by molar-refractivity contribution is -0.121. The zero-order valence-corrected chi connectivity index (χ0v) is 16.9. The number of benzene rings is 2. The number of carbonyl (C=O) groups excluding carboxylic acids is 1. The van der Waals surface area contributed by atoms with E-state index in [-0.39, 0.29) is 17.2 Å². The normalized spacial score (nSPS) is 13.3. The smallest absolute Gasteiger partial charge is 0.233 e. The van der Waals surface area contributed by atoms with E-state index in [0.29, 0.717) is 5.02 Å². The molecule has 0 aromatic heterocycles. The van der Waals surface area contributed by atoms with Gasteiger partial charge >= 0.3 is 0 Å². The van der Waals surface area contributed by atoms with Gasteiger partial charge in [0, 0.05) is 9.92 Å². The number of hydrogen-bond donors (Lipinski definition) is 1. The first-order valence-electron chi connectivity index (χ1n) is 8.74. The topological polar surface area (TPSA) is 29.1 Å². The molecule has 0 aliphatic rings. The highest BCUT2D eigenvalue weighted by Crippen LogP contribution is 2.28. The van der Waals surface area contributed by atoms with Crippen molar-refractivity contribution in [3.05, 3.63) is 64.2 Å². The van der Waals surface area contributed by atoms with Gasteiger partial charge in [0.15, 0.2) is 0 Å². The number of halogens is 1. The van der Waals surface area contributed by atoms with Crippen molar-refractivity contribution in [3.8, 4) is 0 Å². The Balaban J connectivity index is 2.09. The maximum atomic E-state index is 12.8. The van der Waals surface area contributed by atoms with E-state index in [4.69, 9.17) is 11.6 Å². The lowest BCUT2D eigenvalue weighted by Gasteiger charge is -2.23. The van der Waals surface area contributed by atoms with E-state index in [1.807, 2.05) is 31.2 Å². The molecule has 2 rings (SSSR count). The molecule has 2 aromatic rings. The number of carbonyl (C=O) groups is 1. The highest BCUT2D eigenvalue weighted by atomic mass is 35.5. The summed E-state index contributed by atoms with van der Waals surface area (Å²) in [7, 11) is 0. The Morgan fingerprint density at radius 1 is 1.08 bits per heavy atom. The molecule has 0 spiro atoms. The predicted molar refractivity (Wildman–Crippen MR) is 108 cm³/mol. The molecule has 25 heavy (non-hydrogen) atoms. The maximum Gasteiger partial charge on any atom is 0.233 e. The minimum atomic E-state index is -0.110. The van der Waals surface area contributed by atoms with Crippen molar-refractivity contribution in [2.75, 3.05) is 0 Å². The van der Waals surface area contributed by atoms with Crippen molar-refractivity contribution in [2.45, 2.75) is 56.7 Å². The van der Waals surface area contributed by atoms with E-state index in [1.54, 1.807) is 11.8 Å². The first kappa shape index (κ1) is 19.9. The molecule has 2 atom stereocenters. The second-order valence-electron chi connectivity index (χ2n) is 6.30. The van der Waals surface area contributed by atoms with Crippen LogP contribution in [0.5, 0.6) is 0 Å². The SMILES string of the molecule is CC[C@H](Sc1ccc(Cl)cc1)C(=O)N[C@@H](CC)c1ccc(C)cc1C. The van der Waals surface area contributed by atoms with E-state index >= 15 is 0 Å². The first-order valence-corrected chi connectivity index (χ1v) is 10.00. The molecular weight excluding hydrogens is 350 g/mol. The summed E-state index contributed by atoms with van der Waals surface area (Å²) >= 11 is 7.53. The summed E-state index contributed by atoms with van der Waals surface area (Å²) in [5, 5.41) is 3.84. The van der Waals surface area contributed by atoms with Gasteiger partial charge in [-0.2, -0.15) is 0 Å². The molecule has 4 heteroatoms. The summed E-state index contributed by atoms with van der Waals surface area (Å²) in [4.78, 5) is 13.9. The Bertz CT molecular complexity index is 714. The van der Waals surface area contributed by atoms with Crippen LogP contribution >= 0.6 is 23.4 Å². The number of thioether (sulfide) groups is 1. The highest BCUT2D eigenvalue weighted by Gasteiger charge is 2.22. The lowest BCUT2D eigenvalue weighted by atomic mass is 9.97. The summed E-state index contributed by atoms with van der Waals surface area (Å²) in [6.07, 6.45) is 1.65. The molecule has 0 aliphatic carbocycles. The van der Waals surface area contributed by atoms with Gasteiger partial charge in [-0.15, -0.1) is 11.8 Å². The molecule has 0 saturated carbocycles. The average molecular weight is 376 g/mol. The molecule has 134 valence electrons. The van der Waals surface area contributed by atoms with Crippen molar-refractivity contribution >= 4 is 29.3 Å². The van der Waals surface area contributed by atoms with E-state index in [1.165, 1.54) is 16.7 Å². The fourth-order valence-electron chi connectivity index (χ4n) is 2.88. The third-order valence-corrected chi connectivity index (χ3v) is 5.91. The first-order chi connectivity index (χ1) is 11.9. The Morgan fingerprint density at radius 2 is 1.76 bits per heavy atom. The van der Waals surface area contributed by atoms with Crippen molar-refractivity contribution < 1.29 is 4.79 Å². The van der Waals surface area contributed by atoms with Gasteiger partial charge in [-0.05, 0) is 62.1 Å². The Morgan fingerprint density at radius 3 is 2.32 bits per heavy atom. The summed E-state index contributed by atoms with van der Waals surface area (Å²) < 4.78 is 0. The molecule has 1 N–H and O–H groups in total. The number of amides is 1. The fraction of sp³-hybridized carbons (Fsp3) is 0.381. The second-order valence-corrected chi connectivity index (χ2v) is 8.01. The van der Waals surface area contributed by atoms with Crippen molar-refractivity contribution in [2.24, 2.45) is 0 Å². The number of hydrogen-bond acceptors (Lipinski definition) is 2. The van der Waals surface area contributed by atoms with E-state index in [0.717, 1.165) is 17.7 Å². The second kappa shape index (κ2) is 9.30. The predicted octanol–water partition coefficient (Wildman–Crippen LogP) is 6.10. The van der Waals surface area contributed by atoms with Crippen LogP contribution in [0.1, 0.15) is 49.4 Å². The van der Waals surface area contributed by atoms with Gasteiger partial charge in [0.05, 0.1) is 11.3 Å². The van der Waals surface area contributed by atoms with Crippen LogP contribution in [0.2, 0.25) is 5.02 Å². The van der Waals surface area contributed by atoms with Crippen LogP contribution in [-0.2, 0) is 4.79 Å². The van der Waals surface area contributed by atoms with Crippen LogP contribution in [0.15, 0.2) is 47.4 Å². The average Bonchev–Trinajstić information content (AvgIpc) is 2.59. The van der Waals surface area contributed by atoms with Gasteiger partial charge in [-0.25, -0.2) is 0 Å². The molecule has 0 aliphatic heterocycles. The van der Waals surface area contributed by atoms with Crippen molar-refractivity contribution in [1.82, 2.24) is 5.32 Å². The number of nitrogens with one attached hydrogen (secondary N) is 1. The quantitative estimate of drug-likeness (QED) is 0.593. The Hall–Kier alpha value is -1.45. The lowest BCUT2D eigenvalue weighted by Crippen LogP contribution is -2.35. The van der Waals surface area contributed by atoms with Crippen LogP contribution in [0.4, 0.5) is 0 Å². The molecule has 0 fully saturated rings. The summed E-state index contributed by atoms with van der Waals surface area (Å²) in [5.41, 5.74) is 3.67. The third kappa shape index (κ3) is 5.52. The molecule has 0 saturated heterocycles. The van der Waals surface area contributed by atoms with Gasteiger partial charge in [-0.3, -0.25) is 4.79 Å². The highest BCUT2D eigenvalue weighted by molar-refractivity contribution is 8.00. The van der Waals surface area contributed by atoms with Crippen LogP contribution in [0.3, 0.4) is 0 Å². The standard InChI is InChI=1S/C21H26ClNOS/c1-5-19(18-12-7-14(3)13-15(18)4)23-21(24)20(6-2)25-17-10-8-16(22)9-11-17/h7-13,19-20H,5-6H2,1-4H3,(H,23,24)/t19-,20-/m0/s1. The van der Waals surface area contributed by atoms with Crippen molar-refractivity contribution in [3.63, 3.8) is 0 Å². The molecule has 2 nitrogen and oxygen atoms in total. The van der Waals surface area contributed by atoms with Crippen LogP contribution in [0, 0.1) is 13.8 Å². The zero-order valence-electron chi connectivity index (χ0n) is 15.3. The maximum absolute atomic E-state index is 12.8. The molecule has 0 bridgehead atoms. The largest absolute Gasteiger partial charge is 0.348 e. The number of rotatable bonds is 7. The molecule has 0 unspecified atom stereocenters. The van der Waals surface area contributed by atoms with Gasteiger partial charge in [0.2, 0.25) is 5.91 Å². The van der Waals surface area contributed by atoms with Gasteiger partial charge in [0.1, 0.15) is 0 Å². The van der Waals surface area contributed by atoms with Gasteiger partial charge in [0.25, 0.3) is 0 Å². The Kier molecular flexibility index (Phi) is 7.39. The summed E-state index contributed by atoms with van der Waals surface area (Å²) in [6, 6.07) is 14.1. The molecule has 0 radical (unpaired) electrons. The van der Waals surface area contributed by atoms with Crippen molar-refractivity contribution in [1.29, 1.82) is 0 Å². The van der Waals surface area contributed by atoms with Crippen LogP contribution in [-0.4, -0.2) is 11.2 Å². The van der Waals surface area contributed by atoms with Crippen LogP contribution < -0.4 is 5.32 Å². The molecule has 0 heterocycles. The molecule has 1 amide bonds. The third-order valence-electron chi connectivity index (χ3n) is 4.28. The Labute approximate surface area is 160 Å². The van der Waals surface area contributed by atoms with E-state index in [9.17, 15) is 4.79 Å². The monoisotopic (exact) mass is 375 g/mol. The van der Waals surface area contributed by atoms with E-state index < -0.39 is 0 Å². The van der Waals surface area contributed by atoms with E-state index in [2.05, 4.69) is 44.3 Å². The summed E-state index contributed by atoms with van der Waals surface area (Å²) in [6.45, 7) is 8.35. The molecule has 2 aromatic carbocycles. The summed E-state index contributed by atoms with van der Waals surface area (Å²) in [5.74, 6) is 0.0919. The van der Waals surface area contributed by atoms with Crippen LogP contribution in [0.25, 0.3) is 0 Å². The zero-order chi connectivity index (χ0) is 18.4. The minimum Gasteiger partial charge on any atom is -0.348 e. The fourth-order valence-corrected chi connectivity index (χ4v) is 3.97.